The Morgan fingerprint density at radius 2 is 2.22 bits per heavy atom. The van der Waals surface area contributed by atoms with Gasteiger partial charge in [-0.15, -0.1) is 0 Å². The van der Waals surface area contributed by atoms with Gasteiger partial charge in [-0.05, 0) is 30.7 Å². The summed E-state index contributed by atoms with van der Waals surface area (Å²) < 4.78 is 0. The van der Waals surface area contributed by atoms with Gasteiger partial charge in [-0.3, -0.25) is 9.59 Å². The second-order valence-electron chi connectivity index (χ2n) is 6.70. The molecule has 1 aromatic rings. The minimum Gasteiger partial charge on any atom is -0.481 e. The Balaban J connectivity index is 1.51. The van der Waals surface area contributed by atoms with Gasteiger partial charge < -0.3 is 14.9 Å². The zero-order valence-electron chi connectivity index (χ0n) is 13.3. The molecule has 0 unspecified atom stereocenters. The van der Waals surface area contributed by atoms with Crippen LogP contribution in [0.25, 0.3) is 0 Å². The molecule has 124 valence electrons. The topological polar surface area (TPSA) is 86.6 Å². The smallest absolute Gasteiger partial charge is 0.303 e. The Kier molecular flexibility index (Phi) is 4.19. The van der Waals surface area contributed by atoms with E-state index in [0.29, 0.717) is 6.04 Å². The molecule has 0 radical (unpaired) electrons. The van der Waals surface area contributed by atoms with Crippen molar-refractivity contribution in [1.29, 1.82) is 0 Å². The van der Waals surface area contributed by atoms with Gasteiger partial charge in [-0.2, -0.15) is 0 Å². The molecule has 1 amide bonds. The first-order valence-electron chi connectivity index (χ1n) is 7.97. The van der Waals surface area contributed by atoms with Crippen molar-refractivity contribution in [3.8, 4) is 0 Å². The molecule has 0 atom stereocenters. The number of likely N-dealkylation sites (tertiary alicyclic amines) is 1. The number of rotatable bonds is 5. The third-order valence-electron chi connectivity index (χ3n) is 5.16. The highest BCUT2D eigenvalue weighted by Crippen LogP contribution is 2.50. The molecule has 1 spiro atoms. The van der Waals surface area contributed by atoms with Crippen LogP contribution >= 0.6 is 0 Å². The average Bonchev–Trinajstić information content (AvgIpc) is 2.97. The van der Waals surface area contributed by atoms with Crippen LogP contribution in [0, 0.1) is 5.41 Å². The maximum absolute atomic E-state index is 12.0. The number of nitrogens with zero attached hydrogens (tertiary/aromatic N) is 4. The molecule has 1 saturated heterocycles. The van der Waals surface area contributed by atoms with E-state index in [4.69, 9.17) is 5.11 Å². The number of carboxylic acids is 1. The fourth-order valence-corrected chi connectivity index (χ4v) is 3.75. The van der Waals surface area contributed by atoms with Gasteiger partial charge in [-0.1, -0.05) is 0 Å². The van der Waals surface area contributed by atoms with Gasteiger partial charge in [0, 0.05) is 38.8 Å². The molecule has 0 bridgehead atoms. The largest absolute Gasteiger partial charge is 0.481 e. The molecule has 1 aliphatic carbocycles. The number of aliphatic carboxylic acids is 1. The van der Waals surface area contributed by atoms with E-state index in [1.165, 1.54) is 0 Å². The lowest BCUT2D eigenvalue weighted by atomic mass is 9.64. The Hall–Kier alpha value is -2.18. The number of carboxylic acid groups (broad SMARTS) is 1. The van der Waals surface area contributed by atoms with Crippen molar-refractivity contribution in [2.75, 3.05) is 25.0 Å². The monoisotopic (exact) mass is 318 g/mol. The van der Waals surface area contributed by atoms with Crippen molar-refractivity contribution in [2.24, 2.45) is 5.41 Å². The molecule has 7 nitrogen and oxygen atoms in total. The number of anilines is 1. The standard InChI is InChI=1S/C16H22N4O3/c1-19(13-4-6-17-11-18-13)12-8-16(9-12)5-7-20(10-16)14(21)2-3-15(22)23/h4,6,11-12H,2-3,5,7-10H2,1H3,(H,22,23). The lowest BCUT2D eigenvalue weighted by molar-refractivity contribution is -0.140. The summed E-state index contributed by atoms with van der Waals surface area (Å²) in [5.74, 6) is -0.0217. The lowest BCUT2D eigenvalue weighted by Crippen LogP contribution is -2.51. The van der Waals surface area contributed by atoms with Crippen molar-refractivity contribution in [3.05, 3.63) is 18.6 Å². The maximum atomic E-state index is 12.0. The molecule has 1 saturated carbocycles. The Bertz CT molecular complexity index is 586. The first-order chi connectivity index (χ1) is 11.0. The molecular weight excluding hydrogens is 296 g/mol. The molecule has 23 heavy (non-hydrogen) atoms. The number of amides is 1. The molecule has 1 aromatic heterocycles. The van der Waals surface area contributed by atoms with Crippen LogP contribution < -0.4 is 4.90 Å². The van der Waals surface area contributed by atoms with Crippen LogP contribution in [-0.2, 0) is 9.59 Å². The van der Waals surface area contributed by atoms with Crippen molar-refractivity contribution in [1.82, 2.24) is 14.9 Å². The predicted molar refractivity (Wildman–Crippen MR) is 84.0 cm³/mol. The summed E-state index contributed by atoms with van der Waals surface area (Å²) in [5, 5.41) is 8.68. The van der Waals surface area contributed by atoms with Crippen molar-refractivity contribution in [2.45, 2.75) is 38.1 Å². The van der Waals surface area contributed by atoms with E-state index in [1.54, 1.807) is 12.5 Å². The molecule has 2 heterocycles. The minimum absolute atomic E-state index is 0.0307. The highest BCUT2D eigenvalue weighted by atomic mass is 16.4. The summed E-state index contributed by atoms with van der Waals surface area (Å²) in [4.78, 5) is 34.9. The van der Waals surface area contributed by atoms with E-state index < -0.39 is 5.97 Å². The number of hydrogen-bond donors (Lipinski definition) is 1. The molecular formula is C16H22N4O3. The molecule has 3 rings (SSSR count). The number of aromatic nitrogens is 2. The highest BCUT2D eigenvalue weighted by molar-refractivity contribution is 5.81. The quantitative estimate of drug-likeness (QED) is 0.876. The summed E-state index contributed by atoms with van der Waals surface area (Å²) in [7, 11) is 2.05. The summed E-state index contributed by atoms with van der Waals surface area (Å²) in [5.41, 5.74) is 0.213. The molecule has 7 heteroatoms. The Labute approximate surface area is 135 Å². The summed E-state index contributed by atoms with van der Waals surface area (Å²) >= 11 is 0. The number of hydrogen-bond acceptors (Lipinski definition) is 5. The van der Waals surface area contributed by atoms with E-state index in [9.17, 15) is 9.59 Å². The van der Waals surface area contributed by atoms with Crippen LogP contribution in [0.15, 0.2) is 18.6 Å². The molecule has 1 aliphatic heterocycles. The molecule has 2 aliphatic rings. The van der Waals surface area contributed by atoms with E-state index in [1.807, 2.05) is 18.0 Å². The molecule has 1 N–H and O–H groups in total. The third kappa shape index (κ3) is 3.28. The fraction of sp³-hybridized carbons (Fsp3) is 0.625. The van der Waals surface area contributed by atoms with Crippen LogP contribution in [0.4, 0.5) is 5.82 Å². The Morgan fingerprint density at radius 1 is 1.43 bits per heavy atom. The van der Waals surface area contributed by atoms with Crippen LogP contribution in [0.1, 0.15) is 32.1 Å². The van der Waals surface area contributed by atoms with Gasteiger partial charge in [0.15, 0.2) is 0 Å². The van der Waals surface area contributed by atoms with Crippen LogP contribution in [0.3, 0.4) is 0 Å². The maximum Gasteiger partial charge on any atom is 0.303 e. The van der Waals surface area contributed by atoms with Gasteiger partial charge in [0.2, 0.25) is 5.91 Å². The summed E-state index contributed by atoms with van der Waals surface area (Å²) in [6, 6.07) is 2.35. The van der Waals surface area contributed by atoms with E-state index in [2.05, 4.69) is 14.9 Å². The second kappa shape index (κ2) is 6.14. The van der Waals surface area contributed by atoms with E-state index in [0.717, 1.165) is 38.2 Å². The van der Waals surface area contributed by atoms with Crippen LogP contribution in [0.2, 0.25) is 0 Å². The van der Waals surface area contributed by atoms with Gasteiger partial charge in [0.05, 0.1) is 6.42 Å². The summed E-state index contributed by atoms with van der Waals surface area (Å²) in [6.45, 7) is 1.52. The molecule has 0 aromatic carbocycles. The number of carbonyl (C=O) groups excluding carboxylic acids is 1. The highest BCUT2D eigenvalue weighted by Gasteiger charge is 2.50. The fourth-order valence-electron chi connectivity index (χ4n) is 3.75. The normalized spacial score (nSPS) is 26.1. The van der Waals surface area contributed by atoms with Gasteiger partial charge in [0.25, 0.3) is 0 Å². The second-order valence-corrected chi connectivity index (χ2v) is 6.70. The Morgan fingerprint density at radius 3 is 2.87 bits per heavy atom. The zero-order chi connectivity index (χ0) is 16.4. The van der Waals surface area contributed by atoms with E-state index in [-0.39, 0.29) is 24.2 Å². The lowest BCUT2D eigenvalue weighted by Gasteiger charge is -2.49. The zero-order valence-corrected chi connectivity index (χ0v) is 13.3. The first-order valence-corrected chi connectivity index (χ1v) is 7.97. The van der Waals surface area contributed by atoms with Crippen LogP contribution in [0.5, 0.6) is 0 Å². The van der Waals surface area contributed by atoms with E-state index >= 15 is 0 Å². The average molecular weight is 318 g/mol. The van der Waals surface area contributed by atoms with Gasteiger partial charge >= 0.3 is 5.97 Å². The van der Waals surface area contributed by atoms with Crippen LogP contribution in [-0.4, -0.2) is 58.0 Å². The molecule has 2 fully saturated rings. The van der Waals surface area contributed by atoms with Crippen molar-refractivity contribution in [3.63, 3.8) is 0 Å². The van der Waals surface area contributed by atoms with Gasteiger partial charge in [-0.25, -0.2) is 9.97 Å². The first kappa shape index (κ1) is 15.7. The third-order valence-corrected chi connectivity index (χ3v) is 5.16. The van der Waals surface area contributed by atoms with Crippen molar-refractivity contribution < 1.29 is 14.7 Å². The number of carbonyl (C=O) groups is 2. The SMILES string of the molecule is CN(c1ccncn1)C1CC2(CCN(C(=O)CCC(=O)O)C2)C1. The van der Waals surface area contributed by atoms with Crippen molar-refractivity contribution >= 4 is 17.7 Å². The van der Waals surface area contributed by atoms with Gasteiger partial charge in [0.1, 0.15) is 12.1 Å². The minimum atomic E-state index is -0.914. The summed E-state index contributed by atoms with van der Waals surface area (Å²) in [6.07, 6.45) is 6.44. The predicted octanol–water partition coefficient (Wildman–Crippen LogP) is 1.16.